The van der Waals surface area contributed by atoms with Crippen LogP contribution in [-0.2, 0) is 6.42 Å². The first-order valence-electron chi connectivity index (χ1n) is 8.36. The van der Waals surface area contributed by atoms with Gasteiger partial charge >= 0.3 is 0 Å². The summed E-state index contributed by atoms with van der Waals surface area (Å²) in [6.45, 7) is 4.88. The van der Waals surface area contributed by atoms with E-state index in [-0.39, 0.29) is 5.38 Å². The summed E-state index contributed by atoms with van der Waals surface area (Å²) >= 11 is 12.2. The minimum atomic E-state index is -0.236. The highest BCUT2D eigenvalue weighted by molar-refractivity contribution is 6.32. The van der Waals surface area contributed by atoms with Crippen LogP contribution in [0.4, 0.5) is 5.69 Å². The topological polar surface area (TPSA) is 78.6 Å². The smallest absolute Gasteiger partial charge is 0.107 e. The molecule has 136 valence electrons. The number of halogens is 2. The van der Waals surface area contributed by atoms with Crippen molar-refractivity contribution in [1.82, 2.24) is 4.98 Å². The van der Waals surface area contributed by atoms with Gasteiger partial charge in [-0.2, -0.15) is 0 Å². The quantitative estimate of drug-likeness (QED) is 0.398. The number of fused-ring (bicyclic) bond motifs is 3. The lowest BCUT2D eigenvalue weighted by atomic mass is 10.1. The van der Waals surface area contributed by atoms with E-state index in [0.717, 1.165) is 39.5 Å². The highest BCUT2D eigenvalue weighted by Gasteiger charge is 2.10. The largest absolute Gasteiger partial charge is 0.366 e. The van der Waals surface area contributed by atoms with Crippen molar-refractivity contribution in [3.8, 4) is 0 Å². The van der Waals surface area contributed by atoms with Crippen molar-refractivity contribution in [1.29, 1.82) is 0 Å². The van der Waals surface area contributed by atoms with Gasteiger partial charge in [0.1, 0.15) is 6.67 Å². The van der Waals surface area contributed by atoms with Gasteiger partial charge in [-0.15, -0.1) is 11.6 Å². The molecule has 0 spiro atoms. The van der Waals surface area contributed by atoms with Crippen molar-refractivity contribution < 1.29 is 0 Å². The van der Waals surface area contributed by atoms with Gasteiger partial charge in [-0.1, -0.05) is 11.6 Å². The Morgan fingerprint density at radius 2 is 2.12 bits per heavy atom. The van der Waals surface area contributed by atoms with Gasteiger partial charge in [0.2, 0.25) is 0 Å². The number of hydrogen-bond acceptors (Lipinski definition) is 4. The lowest BCUT2D eigenvalue weighted by Crippen LogP contribution is -2.07. The molecule has 7 heteroatoms. The molecule has 26 heavy (non-hydrogen) atoms. The first-order valence-corrected chi connectivity index (χ1v) is 9.18. The number of aliphatic imine (C=N–C) groups is 2. The number of nitrogens with one attached hydrogen (secondary N) is 2. The van der Waals surface area contributed by atoms with Gasteiger partial charge in [0, 0.05) is 38.7 Å². The Bertz CT molecular complexity index is 948. The van der Waals surface area contributed by atoms with Crippen LogP contribution in [0.25, 0.3) is 21.8 Å². The number of nitrogens with two attached hydrogens (primary N) is 1. The van der Waals surface area contributed by atoms with Gasteiger partial charge in [-0.05, 0) is 55.6 Å². The van der Waals surface area contributed by atoms with E-state index >= 15 is 0 Å². The molecule has 1 unspecified atom stereocenters. The van der Waals surface area contributed by atoms with E-state index in [0.29, 0.717) is 24.8 Å². The third kappa shape index (κ3) is 4.18. The molecule has 3 aromatic rings. The summed E-state index contributed by atoms with van der Waals surface area (Å²) in [6.07, 6.45) is 2.46. The van der Waals surface area contributed by atoms with Crippen LogP contribution in [0, 0.1) is 0 Å². The fourth-order valence-corrected chi connectivity index (χ4v) is 3.32. The Kier molecular flexibility index (Phi) is 6.14. The number of anilines is 1. The highest BCUT2D eigenvalue weighted by Crippen LogP contribution is 2.32. The van der Waals surface area contributed by atoms with Crippen molar-refractivity contribution >= 4 is 63.6 Å². The van der Waals surface area contributed by atoms with Crippen LogP contribution in [0.2, 0.25) is 5.02 Å². The van der Waals surface area contributed by atoms with Gasteiger partial charge in [0.05, 0.1) is 11.9 Å². The summed E-state index contributed by atoms with van der Waals surface area (Å²) in [7, 11) is 0. The highest BCUT2D eigenvalue weighted by atomic mass is 35.5. The molecule has 0 bridgehead atoms. The van der Waals surface area contributed by atoms with Crippen LogP contribution >= 0.6 is 23.2 Å². The first kappa shape index (κ1) is 18.7. The summed E-state index contributed by atoms with van der Waals surface area (Å²) in [5, 5.41) is 6.00. The normalized spacial score (nSPS) is 12.9. The van der Waals surface area contributed by atoms with Gasteiger partial charge in [0.25, 0.3) is 0 Å². The standard InChI is InChI=1S/C19H21Cl2N5/c1-23-9-14(21)10-24-11-25-15-6-12(4-5-22)19-17(8-15)16-7-13(20)2-3-18(16)26-19/h2-3,6-8,10,14,25-26H,1,4-5,9,11,22H2/b24-10-. The molecule has 0 fully saturated rings. The second-order valence-electron chi connectivity index (χ2n) is 6.00. The molecule has 0 radical (unpaired) electrons. The fourth-order valence-electron chi connectivity index (χ4n) is 2.97. The van der Waals surface area contributed by atoms with E-state index in [2.05, 4.69) is 39.1 Å². The van der Waals surface area contributed by atoms with E-state index < -0.39 is 0 Å². The third-order valence-electron chi connectivity index (χ3n) is 4.11. The molecule has 2 aromatic carbocycles. The summed E-state index contributed by atoms with van der Waals surface area (Å²) in [4.78, 5) is 11.5. The zero-order valence-corrected chi connectivity index (χ0v) is 15.8. The van der Waals surface area contributed by atoms with Crippen molar-refractivity contribution in [3.05, 3.63) is 40.9 Å². The van der Waals surface area contributed by atoms with Crippen LogP contribution in [0.3, 0.4) is 0 Å². The van der Waals surface area contributed by atoms with Gasteiger partial charge in [-0.3, -0.25) is 9.98 Å². The minimum absolute atomic E-state index is 0.236. The van der Waals surface area contributed by atoms with E-state index in [4.69, 9.17) is 28.9 Å². The molecule has 3 rings (SSSR count). The number of nitrogens with zero attached hydrogens (tertiary/aromatic N) is 2. The first-order chi connectivity index (χ1) is 12.6. The third-order valence-corrected chi connectivity index (χ3v) is 4.60. The Morgan fingerprint density at radius 1 is 1.27 bits per heavy atom. The lowest BCUT2D eigenvalue weighted by molar-refractivity contribution is 0.974. The molecule has 0 aliphatic heterocycles. The molecule has 1 heterocycles. The summed E-state index contributed by atoms with van der Waals surface area (Å²) in [5.41, 5.74) is 10.1. The molecule has 0 aliphatic carbocycles. The Balaban J connectivity index is 1.91. The molecule has 1 aromatic heterocycles. The fraction of sp³-hybridized carbons (Fsp3) is 0.263. The van der Waals surface area contributed by atoms with Crippen LogP contribution in [0.1, 0.15) is 5.56 Å². The Labute approximate surface area is 162 Å². The average molecular weight is 390 g/mol. The summed E-state index contributed by atoms with van der Waals surface area (Å²) in [6, 6.07) is 10.1. The van der Waals surface area contributed by atoms with Crippen LogP contribution in [0.15, 0.2) is 40.3 Å². The average Bonchev–Trinajstić information content (AvgIpc) is 2.97. The van der Waals surface area contributed by atoms with Crippen LogP contribution < -0.4 is 11.1 Å². The number of H-pyrrole nitrogens is 1. The molecule has 4 N–H and O–H groups in total. The molecule has 0 saturated carbocycles. The zero-order chi connectivity index (χ0) is 18.5. The maximum Gasteiger partial charge on any atom is 0.107 e. The Hall–Kier alpha value is -2.08. The predicted octanol–water partition coefficient (Wildman–Crippen LogP) is 4.22. The SMILES string of the molecule is C=NCC(Cl)/C=N\CNc1cc(CCN)c2[nH]c3ccc(Cl)cc3c2c1. The van der Waals surface area contributed by atoms with Gasteiger partial charge in [-0.25, -0.2) is 0 Å². The van der Waals surface area contributed by atoms with Crippen molar-refractivity contribution in [3.63, 3.8) is 0 Å². The maximum atomic E-state index is 6.18. The van der Waals surface area contributed by atoms with Crippen molar-refractivity contribution in [2.45, 2.75) is 11.8 Å². The summed E-state index contributed by atoms with van der Waals surface area (Å²) < 4.78 is 0. The van der Waals surface area contributed by atoms with Crippen molar-refractivity contribution in [2.75, 3.05) is 25.1 Å². The summed E-state index contributed by atoms with van der Waals surface area (Å²) in [5.74, 6) is 0. The molecule has 0 saturated heterocycles. The lowest BCUT2D eigenvalue weighted by Gasteiger charge is -2.08. The number of benzene rings is 2. The van der Waals surface area contributed by atoms with Gasteiger partial charge in [0.15, 0.2) is 0 Å². The minimum Gasteiger partial charge on any atom is -0.366 e. The van der Waals surface area contributed by atoms with Crippen LogP contribution in [-0.4, -0.2) is 43.1 Å². The van der Waals surface area contributed by atoms with E-state index in [1.165, 1.54) is 0 Å². The van der Waals surface area contributed by atoms with Crippen molar-refractivity contribution in [2.24, 2.45) is 15.7 Å². The number of alkyl halides is 1. The van der Waals surface area contributed by atoms with E-state index in [1.807, 2.05) is 18.2 Å². The second kappa shape index (κ2) is 8.54. The van der Waals surface area contributed by atoms with E-state index in [1.54, 1.807) is 6.21 Å². The molecule has 0 amide bonds. The molecule has 5 nitrogen and oxygen atoms in total. The molecular formula is C19H21Cl2N5. The molecule has 1 atom stereocenters. The zero-order valence-electron chi connectivity index (χ0n) is 14.3. The van der Waals surface area contributed by atoms with Gasteiger partial charge < -0.3 is 16.0 Å². The van der Waals surface area contributed by atoms with Crippen LogP contribution in [0.5, 0.6) is 0 Å². The molecule has 0 aliphatic rings. The number of rotatable bonds is 8. The Morgan fingerprint density at radius 3 is 2.88 bits per heavy atom. The number of aromatic nitrogens is 1. The second-order valence-corrected chi connectivity index (χ2v) is 7.00. The maximum absolute atomic E-state index is 6.18. The number of hydrogen-bond donors (Lipinski definition) is 3. The number of aromatic amines is 1. The monoisotopic (exact) mass is 389 g/mol. The predicted molar refractivity (Wildman–Crippen MR) is 115 cm³/mol. The van der Waals surface area contributed by atoms with E-state index in [9.17, 15) is 0 Å². The molecular weight excluding hydrogens is 369 g/mol.